The summed E-state index contributed by atoms with van der Waals surface area (Å²) < 4.78 is 52.8. The lowest BCUT2D eigenvalue weighted by molar-refractivity contribution is -0.144. The van der Waals surface area contributed by atoms with Gasteiger partial charge in [0.1, 0.15) is 5.82 Å². The fraction of sp³-hybridized carbons (Fsp3) is 0.0556. The molecule has 0 fully saturated rings. The van der Waals surface area contributed by atoms with Crippen molar-refractivity contribution in [1.82, 2.24) is 19.9 Å². The molecule has 28 heavy (non-hydrogen) atoms. The second kappa shape index (κ2) is 6.80. The highest BCUT2D eigenvalue weighted by molar-refractivity contribution is 5.79. The molecule has 2 aromatic heterocycles. The smallest absolute Gasteiger partial charge is 0.337 e. The molecule has 0 radical (unpaired) electrons. The molecule has 10 heteroatoms. The number of para-hydroxylation sites is 2. The molecule has 0 bridgehead atoms. The predicted octanol–water partition coefficient (Wildman–Crippen LogP) is 5.00. The molecule has 0 unspecified atom stereocenters. The Morgan fingerprint density at radius 1 is 0.786 bits per heavy atom. The van der Waals surface area contributed by atoms with E-state index >= 15 is 0 Å². The van der Waals surface area contributed by atoms with Crippen LogP contribution in [-0.2, 0) is 6.18 Å². The Balaban J connectivity index is 1.81. The first kappa shape index (κ1) is 17.7. The molecule has 142 valence electrons. The maximum atomic E-state index is 14.0. The van der Waals surface area contributed by atoms with Crippen LogP contribution in [0, 0.1) is 5.82 Å². The first-order valence-electron chi connectivity index (χ1n) is 8.09. The predicted molar refractivity (Wildman–Crippen MR) is 96.1 cm³/mol. The minimum Gasteiger partial charge on any atom is -0.337 e. The van der Waals surface area contributed by atoms with Gasteiger partial charge in [0.15, 0.2) is 22.9 Å². The summed E-state index contributed by atoms with van der Waals surface area (Å²) in [5, 5.41) is 5.72. The summed E-state index contributed by atoms with van der Waals surface area (Å²) in [5.74, 6) is -1.62. The average Bonchev–Trinajstić information content (AvgIpc) is 3.08. The number of H-pyrrole nitrogens is 1. The Labute approximate surface area is 155 Å². The van der Waals surface area contributed by atoms with Gasteiger partial charge in [0.2, 0.25) is 5.82 Å². The van der Waals surface area contributed by atoms with E-state index in [0.717, 1.165) is 0 Å². The normalized spacial score (nSPS) is 11.6. The molecular weight excluding hydrogens is 376 g/mol. The van der Waals surface area contributed by atoms with Gasteiger partial charge < -0.3 is 15.6 Å². The molecule has 0 aliphatic heterocycles. The minimum absolute atomic E-state index is 0.0293. The van der Waals surface area contributed by atoms with E-state index in [9.17, 15) is 17.6 Å². The van der Waals surface area contributed by atoms with Gasteiger partial charge in [0.05, 0.1) is 5.69 Å². The van der Waals surface area contributed by atoms with Crippen molar-refractivity contribution >= 4 is 34.3 Å². The summed E-state index contributed by atoms with van der Waals surface area (Å²) in [6.07, 6.45) is -4.67. The van der Waals surface area contributed by atoms with E-state index in [-0.39, 0.29) is 28.6 Å². The summed E-state index contributed by atoms with van der Waals surface area (Å²) in [7, 11) is 0. The molecule has 0 saturated carbocycles. The maximum absolute atomic E-state index is 14.0. The molecule has 3 N–H and O–H groups in total. The SMILES string of the molecule is Fc1ccccc1Nc1nc2nc(C(F)(F)F)[nH]c2nc1Nc1ccccc1. The number of anilines is 4. The summed E-state index contributed by atoms with van der Waals surface area (Å²) in [6, 6.07) is 14.7. The summed E-state index contributed by atoms with van der Waals surface area (Å²) in [6.45, 7) is 0. The molecule has 4 aromatic rings. The van der Waals surface area contributed by atoms with Crippen LogP contribution in [0.5, 0.6) is 0 Å². The van der Waals surface area contributed by atoms with E-state index in [1.54, 1.807) is 30.3 Å². The van der Waals surface area contributed by atoms with Crippen molar-refractivity contribution in [1.29, 1.82) is 0 Å². The van der Waals surface area contributed by atoms with Crippen LogP contribution in [-0.4, -0.2) is 19.9 Å². The molecule has 4 rings (SSSR count). The average molecular weight is 388 g/mol. The Hall–Kier alpha value is -3.69. The number of benzene rings is 2. The summed E-state index contributed by atoms with van der Waals surface area (Å²) >= 11 is 0. The van der Waals surface area contributed by atoms with Crippen molar-refractivity contribution in [2.24, 2.45) is 0 Å². The first-order valence-corrected chi connectivity index (χ1v) is 8.09. The van der Waals surface area contributed by atoms with Crippen LogP contribution in [0.2, 0.25) is 0 Å². The second-order valence-corrected chi connectivity index (χ2v) is 5.77. The number of hydrogen-bond acceptors (Lipinski definition) is 5. The van der Waals surface area contributed by atoms with E-state index < -0.39 is 17.8 Å². The molecule has 0 aliphatic rings. The van der Waals surface area contributed by atoms with E-state index in [1.807, 2.05) is 6.07 Å². The Morgan fingerprint density at radius 3 is 2.18 bits per heavy atom. The highest BCUT2D eigenvalue weighted by atomic mass is 19.4. The first-order chi connectivity index (χ1) is 13.4. The van der Waals surface area contributed by atoms with Gasteiger partial charge in [-0.2, -0.15) is 13.2 Å². The third kappa shape index (κ3) is 3.56. The van der Waals surface area contributed by atoms with Crippen molar-refractivity contribution in [3.05, 3.63) is 66.2 Å². The second-order valence-electron chi connectivity index (χ2n) is 5.77. The topological polar surface area (TPSA) is 78.5 Å². The number of nitrogens with zero attached hydrogens (tertiary/aromatic N) is 3. The van der Waals surface area contributed by atoms with Crippen molar-refractivity contribution in [2.45, 2.75) is 6.18 Å². The van der Waals surface area contributed by atoms with Gasteiger partial charge in [0, 0.05) is 5.69 Å². The lowest BCUT2D eigenvalue weighted by Gasteiger charge is -2.12. The molecule has 0 aliphatic carbocycles. The number of rotatable bonds is 4. The molecule has 0 spiro atoms. The summed E-state index contributed by atoms with van der Waals surface area (Å²) in [4.78, 5) is 13.8. The van der Waals surface area contributed by atoms with Gasteiger partial charge in [-0.3, -0.25) is 0 Å². The number of nitrogens with one attached hydrogen (secondary N) is 3. The van der Waals surface area contributed by atoms with E-state index in [0.29, 0.717) is 5.69 Å². The number of halogens is 4. The van der Waals surface area contributed by atoms with Crippen LogP contribution in [0.4, 0.5) is 40.6 Å². The molecule has 0 amide bonds. The lowest BCUT2D eigenvalue weighted by Crippen LogP contribution is -2.06. The zero-order valence-electron chi connectivity index (χ0n) is 14.0. The van der Waals surface area contributed by atoms with Gasteiger partial charge in [-0.05, 0) is 24.3 Å². The molecule has 2 aromatic carbocycles. The van der Waals surface area contributed by atoms with E-state index in [4.69, 9.17) is 0 Å². The zero-order chi connectivity index (χ0) is 19.7. The number of aromatic nitrogens is 4. The Bertz CT molecular complexity index is 1120. The van der Waals surface area contributed by atoms with Crippen molar-refractivity contribution in [3.63, 3.8) is 0 Å². The monoisotopic (exact) mass is 388 g/mol. The summed E-state index contributed by atoms with van der Waals surface area (Å²) in [5.41, 5.74) is 0.330. The van der Waals surface area contributed by atoms with Gasteiger partial charge >= 0.3 is 6.18 Å². The van der Waals surface area contributed by atoms with Crippen molar-refractivity contribution < 1.29 is 17.6 Å². The minimum atomic E-state index is -4.67. The van der Waals surface area contributed by atoms with Crippen LogP contribution in [0.25, 0.3) is 11.3 Å². The highest BCUT2D eigenvalue weighted by Crippen LogP contribution is 2.31. The van der Waals surface area contributed by atoms with Crippen molar-refractivity contribution in [3.8, 4) is 0 Å². The quantitative estimate of drug-likeness (QED) is 0.429. The maximum Gasteiger partial charge on any atom is 0.449 e. The lowest BCUT2D eigenvalue weighted by atomic mass is 10.3. The van der Waals surface area contributed by atoms with Gasteiger partial charge in [-0.25, -0.2) is 19.3 Å². The zero-order valence-corrected chi connectivity index (χ0v) is 14.0. The number of fused-ring (bicyclic) bond motifs is 1. The van der Waals surface area contributed by atoms with E-state index in [2.05, 4.69) is 30.6 Å². The molecule has 2 heterocycles. The van der Waals surface area contributed by atoms with Gasteiger partial charge in [0.25, 0.3) is 0 Å². The molecular formula is C18H12F4N6. The van der Waals surface area contributed by atoms with Crippen LogP contribution in [0.3, 0.4) is 0 Å². The van der Waals surface area contributed by atoms with Crippen molar-refractivity contribution in [2.75, 3.05) is 10.6 Å². The highest BCUT2D eigenvalue weighted by Gasteiger charge is 2.35. The third-order valence-electron chi connectivity index (χ3n) is 3.76. The third-order valence-corrected chi connectivity index (χ3v) is 3.76. The van der Waals surface area contributed by atoms with Gasteiger partial charge in [-0.15, -0.1) is 0 Å². The van der Waals surface area contributed by atoms with Crippen LogP contribution in [0.15, 0.2) is 54.6 Å². The van der Waals surface area contributed by atoms with Gasteiger partial charge in [-0.1, -0.05) is 30.3 Å². The van der Waals surface area contributed by atoms with E-state index in [1.165, 1.54) is 18.2 Å². The number of aromatic amines is 1. The molecule has 0 saturated heterocycles. The van der Waals surface area contributed by atoms with Crippen LogP contribution >= 0.6 is 0 Å². The Morgan fingerprint density at radius 2 is 1.46 bits per heavy atom. The number of hydrogen-bond donors (Lipinski definition) is 3. The van der Waals surface area contributed by atoms with Crippen LogP contribution in [0.1, 0.15) is 5.82 Å². The van der Waals surface area contributed by atoms with Crippen LogP contribution < -0.4 is 10.6 Å². The fourth-order valence-corrected chi connectivity index (χ4v) is 2.49. The molecule has 6 nitrogen and oxygen atoms in total. The Kier molecular flexibility index (Phi) is 4.30. The number of alkyl halides is 3. The largest absolute Gasteiger partial charge is 0.449 e. The standard InChI is InChI=1S/C18H12F4N6/c19-11-8-4-5-9-12(11)24-14-13(23-10-6-2-1-3-7-10)25-15-16(26-14)28-17(27-15)18(20,21)22/h1-9H,(H3,23,24,25,26,27,28). The molecule has 0 atom stereocenters. The number of imidazole rings is 1. The fourth-order valence-electron chi connectivity index (χ4n) is 2.49.